The van der Waals surface area contributed by atoms with Crippen LogP contribution in [0.15, 0.2) is 24.3 Å². The van der Waals surface area contributed by atoms with E-state index in [0.29, 0.717) is 13.1 Å². The highest BCUT2D eigenvalue weighted by Gasteiger charge is 2.09. The minimum absolute atomic E-state index is 0.117. The van der Waals surface area contributed by atoms with Crippen LogP contribution in [-0.4, -0.2) is 36.2 Å². The zero-order valence-electron chi connectivity index (χ0n) is 14.1. The van der Waals surface area contributed by atoms with Gasteiger partial charge in [-0.3, -0.25) is 0 Å². The smallest absolute Gasteiger partial charge is 0.314 e. The molecule has 0 radical (unpaired) electrons. The van der Waals surface area contributed by atoms with E-state index in [4.69, 9.17) is 11.2 Å². The average Bonchev–Trinajstić information content (AvgIpc) is 2.50. The summed E-state index contributed by atoms with van der Waals surface area (Å²) >= 11 is 1.84. The van der Waals surface area contributed by atoms with Crippen LogP contribution in [0, 0.1) is 12.3 Å². The van der Waals surface area contributed by atoms with Gasteiger partial charge >= 0.3 is 6.03 Å². The number of hydrogen-bond donors (Lipinski definition) is 2. The Balaban J connectivity index is 2.16. The zero-order valence-corrected chi connectivity index (χ0v) is 15.0. The van der Waals surface area contributed by atoms with Crippen molar-refractivity contribution in [1.29, 1.82) is 0 Å². The number of amides is 2. The van der Waals surface area contributed by atoms with Gasteiger partial charge in [0.25, 0.3) is 0 Å². The number of carbonyl (C=O) groups is 1. The van der Waals surface area contributed by atoms with E-state index in [1.807, 2.05) is 36.0 Å². The molecule has 0 saturated heterocycles. The minimum atomic E-state index is -0.117. The Labute approximate surface area is 143 Å². The van der Waals surface area contributed by atoms with Crippen LogP contribution in [0.3, 0.4) is 0 Å². The molecule has 1 aromatic carbocycles. The molecule has 1 aromatic rings. The molecule has 0 unspecified atom stereocenters. The summed E-state index contributed by atoms with van der Waals surface area (Å²) < 4.78 is 5.54. The van der Waals surface area contributed by atoms with Gasteiger partial charge in [0.2, 0.25) is 0 Å². The lowest BCUT2D eigenvalue weighted by Gasteiger charge is -2.17. The molecule has 23 heavy (non-hydrogen) atoms. The predicted octanol–water partition coefficient (Wildman–Crippen LogP) is 3.07. The Kier molecular flexibility index (Phi) is 8.42. The molecule has 0 heterocycles. The Morgan fingerprint density at radius 3 is 2.48 bits per heavy atom. The molecule has 5 heteroatoms. The predicted molar refractivity (Wildman–Crippen MR) is 98.1 cm³/mol. The third kappa shape index (κ3) is 9.75. The number of ether oxygens (including phenoxy) is 1. The van der Waals surface area contributed by atoms with E-state index in [1.54, 1.807) is 0 Å². The van der Waals surface area contributed by atoms with Crippen LogP contribution in [0.25, 0.3) is 0 Å². The molecule has 126 valence electrons. The molecule has 0 atom stereocenters. The van der Waals surface area contributed by atoms with Crippen LogP contribution < -0.4 is 15.4 Å². The standard InChI is InChI=1S/C18H26N2O2S/c1-5-13-22-16-8-6-15(7-9-16)10-11-19-17(21)20-12-14-23-18(2,3)4/h1,6-9H,10-14H2,2-4H3,(H2,19,20,21). The highest BCUT2D eigenvalue weighted by atomic mass is 32.2. The first-order chi connectivity index (χ1) is 10.9. The third-order valence-corrected chi connectivity index (χ3v) is 4.14. The SMILES string of the molecule is C#CCOc1ccc(CCNC(=O)NCCSC(C)(C)C)cc1. The fourth-order valence-corrected chi connectivity index (χ4v) is 2.60. The summed E-state index contributed by atoms with van der Waals surface area (Å²) in [6, 6.07) is 7.61. The monoisotopic (exact) mass is 334 g/mol. The number of carbonyl (C=O) groups excluding carboxylic acids is 1. The molecule has 0 aliphatic rings. The summed E-state index contributed by atoms with van der Waals surface area (Å²) in [5, 5.41) is 5.72. The topological polar surface area (TPSA) is 50.4 Å². The normalized spacial score (nSPS) is 10.7. The number of terminal acetylenes is 1. The summed E-state index contributed by atoms with van der Waals surface area (Å²) in [5.74, 6) is 4.10. The summed E-state index contributed by atoms with van der Waals surface area (Å²) in [7, 11) is 0. The summed E-state index contributed by atoms with van der Waals surface area (Å²) in [4.78, 5) is 11.7. The van der Waals surface area contributed by atoms with E-state index < -0.39 is 0 Å². The van der Waals surface area contributed by atoms with Crippen molar-refractivity contribution in [2.75, 3.05) is 25.4 Å². The van der Waals surface area contributed by atoms with Gasteiger partial charge in [0.15, 0.2) is 0 Å². The summed E-state index contributed by atoms with van der Waals surface area (Å²) in [5.41, 5.74) is 1.14. The van der Waals surface area contributed by atoms with Crippen LogP contribution in [0.1, 0.15) is 26.3 Å². The van der Waals surface area contributed by atoms with Crippen molar-refractivity contribution in [3.05, 3.63) is 29.8 Å². The molecule has 0 aliphatic heterocycles. The molecule has 0 aromatic heterocycles. The second kappa shape index (κ2) is 10.1. The van der Waals surface area contributed by atoms with E-state index in [1.165, 1.54) is 0 Å². The van der Waals surface area contributed by atoms with Gasteiger partial charge in [0, 0.05) is 23.6 Å². The lowest BCUT2D eigenvalue weighted by atomic mass is 10.1. The van der Waals surface area contributed by atoms with Crippen molar-refractivity contribution in [2.45, 2.75) is 31.9 Å². The highest BCUT2D eigenvalue weighted by molar-refractivity contribution is 8.00. The average molecular weight is 334 g/mol. The van der Waals surface area contributed by atoms with Gasteiger partial charge in [-0.15, -0.1) is 6.42 Å². The fourth-order valence-electron chi connectivity index (χ4n) is 1.78. The van der Waals surface area contributed by atoms with Crippen LogP contribution >= 0.6 is 11.8 Å². The van der Waals surface area contributed by atoms with Crippen molar-refractivity contribution < 1.29 is 9.53 Å². The van der Waals surface area contributed by atoms with Gasteiger partial charge in [-0.25, -0.2) is 4.79 Å². The molecular formula is C18H26N2O2S. The summed E-state index contributed by atoms with van der Waals surface area (Å²) in [6.45, 7) is 8.05. The summed E-state index contributed by atoms with van der Waals surface area (Å²) in [6.07, 6.45) is 5.92. The van der Waals surface area contributed by atoms with Crippen molar-refractivity contribution in [3.8, 4) is 18.1 Å². The number of thioether (sulfide) groups is 1. The van der Waals surface area contributed by atoms with Crippen LogP contribution in [0.5, 0.6) is 5.75 Å². The number of hydrogen-bond acceptors (Lipinski definition) is 3. The first-order valence-corrected chi connectivity index (χ1v) is 8.70. The quantitative estimate of drug-likeness (QED) is 0.567. The van der Waals surface area contributed by atoms with Gasteiger partial charge in [-0.05, 0) is 24.1 Å². The Morgan fingerprint density at radius 1 is 1.22 bits per heavy atom. The van der Waals surface area contributed by atoms with Crippen LogP contribution in [0.2, 0.25) is 0 Å². The molecule has 0 saturated carbocycles. The lowest BCUT2D eigenvalue weighted by Crippen LogP contribution is -2.38. The fraction of sp³-hybridized carbons (Fsp3) is 0.500. The molecule has 2 amide bonds. The molecular weight excluding hydrogens is 308 g/mol. The molecule has 0 aliphatic carbocycles. The Bertz CT molecular complexity index is 515. The number of benzene rings is 1. The van der Waals surface area contributed by atoms with Gasteiger partial charge < -0.3 is 15.4 Å². The molecule has 0 bridgehead atoms. The van der Waals surface area contributed by atoms with E-state index in [-0.39, 0.29) is 17.4 Å². The minimum Gasteiger partial charge on any atom is -0.481 e. The number of nitrogens with one attached hydrogen (secondary N) is 2. The lowest BCUT2D eigenvalue weighted by molar-refractivity contribution is 0.241. The second-order valence-electron chi connectivity index (χ2n) is 6.03. The van der Waals surface area contributed by atoms with Crippen molar-refractivity contribution in [1.82, 2.24) is 10.6 Å². The third-order valence-electron chi connectivity index (χ3n) is 2.87. The Hall–Kier alpha value is -1.80. The van der Waals surface area contributed by atoms with Gasteiger partial charge in [-0.1, -0.05) is 38.8 Å². The van der Waals surface area contributed by atoms with Crippen LogP contribution in [0.4, 0.5) is 4.79 Å². The molecule has 1 rings (SSSR count). The molecule has 0 fully saturated rings. The zero-order chi connectivity index (χ0) is 17.1. The first kappa shape index (κ1) is 19.2. The maximum Gasteiger partial charge on any atom is 0.314 e. The maximum absolute atomic E-state index is 11.7. The van der Waals surface area contributed by atoms with E-state index in [9.17, 15) is 4.79 Å². The first-order valence-electron chi connectivity index (χ1n) is 7.71. The van der Waals surface area contributed by atoms with Gasteiger partial charge in [-0.2, -0.15) is 11.8 Å². The van der Waals surface area contributed by atoms with Crippen molar-refractivity contribution in [3.63, 3.8) is 0 Å². The Morgan fingerprint density at radius 2 is 1.87 bits per heavy atom. The van der Waals surface area contributed by atoms with Crippen LogP contribution in [-0.2, 0) is 6.42 Å². The molecule has 0 spiro atoms. The van der Waals surface area contributed by atoms with E-state index >= 15 is 0 Å². The number of urea groups is 1. The maximum atomic E-state index is 11.7. The number of rotatable bonds is 8. The van der Waals surface area contributed by atoms with E-state index in [2.05, 4.69) is 37.3 Å². The highest BCUT2D eigenvalue weighted by Crippen LogP contribution is 2.21. The molecule has 4 nitrogen and oxygen atoms in total. The van der Waals surface area contributed by atoms with Gasteiger partial charge in [0.1, 0.15) is 12.4 Å². The van der Waals surface area contributed by atoms with Crippen molar-refractivity contribution >= 4 is 17.8 Å². The molecule has 2 N–H and O–H groups in total. The van der Waals surface area contributed by atoms with Crippen molar-refractivity contribution in [2.24, 2.45) is 0 Å². The second-order valence-corrected chi connectivity index (χ2v) is 7.95. The van der Waals surface area contributed by atoms with E-state index in [0.717, 1.165) is 23.5 Å². The van der Waals surface area contributed by atoms with Gasteiger partial charge in [0.05, 0.1) is 0 Å². The largest absolute Gasteiger partial charge is 0.481 e.